The van der Waals surface area contributed by atoms with Crippen LogP contribution in [0, 0.1) is 29.3 Å². The van der Waals surface area contributed by atoms with Crippen molar-refractivity contribution in [2.75, 3.05) is 6.54 Å². The Hall–Kier alpha value is -2.45. The molecule has 0 atom stereocenters. The first kappa shape index (κ1) is 14.9. The summed E-state index contributed by atoms with van der Waals surface area (Å²) in [7, 11) is 0. The van der Waals surface area contributed by atoms with E-state index in [1.54, 1.807) is 6.07 Å². The van der Waals surface area contributed by atoms with E-state index in [1.165, 1.54) is 18.2 Å². The van der Waals surface area contributed by atoms with E-state index < -0.39 is 23.2 Å². The molecule has 0 fully saturated rings. The van der Waals surface area contributed by atoms with Crippen molar-refractivity contribution in [3.8, 4) is 17.6 Å². The minimum Gasteiger partial charge on any atom is -0.483 e. The topological polar surface area (TPSA) is 35.2 Å². The first-order valence-corrected chi connectivity index (χ1v) is 6.15. The van der Waals surface area contributed by atoms with Crippen LogP contribution in [0.2, 0.25) is 0 Å². The first-order chi connectivity index (χ1) is 10.1. The molecule has 108 valence electrons. The van der Waals surface area contributed by atoms with Gasteiger partial charge in [-0.3, -0.25) is 0 Å². The van der Waals surface area contributed by atoms with Crippen LogP contribution >= 0.6 is 0 Å². The Labute approximate surface area is 120 Å². The number of rotatable bonds is 3. The van der Waals surface area contributed by atoms with Gasteiger partial charge in [-0.25, -0.2) is 13.2 Å². The van der Waals surface area contributed by atoms with E-state index >= 15 is 0 Å². The van der Waals surface area contributed by atoms with Crippen molar-refractivity contribution in [1.82, 2.24) is 0 Å². The van der Waals surface area contributed by atoms with Crippen LogP contribution in [0.1, 0.15) is 11.1 Å². The van der Waals surface area contributed by atoms with Crippen molar-refractivity contribution in [3.05, 3.63) is 65.0 Å². The highest BCUT2D eigenvalue weighted by Crippen LogP contribution is 2.22. The summed E-state index contributed by atoms with van der Waals surface area (Å²) in [6.07, 6.45) is 0. The van der Waals surface area contributed by atoms with E-state index in [1.807, 2.05) is 0 Å². The van der Waals surface area contributed by atoms with E-state index in [9.17, 15) is 13.2 Å². The maximum atomic E-state index is 13.4. The van der Waals surface area contributed by atoms with Gasteiger partial charge in [0.05, 0.1) is 6.54 Å². The van der Waals surface area contributed by atoms with Crippen LogP contribution in [-0.4, -0.2) is 6.54 Å². The van der Waals surface area contributed by atoms with Crippen LogP contribution in [0.4, 0.5) is 13.2 Å². The molecule has 2 rings (SSSR count). The molecule has 0 amide bonds. The Balaban J connectivity index is 2.18. The Morgan fingerprint density at radius 3 is 2.43 bits per heavy atom. The molecule has 2 aromatic rings. The Kier molecular flexibility index (Phi) is 4.85. The van der Waals surface area contributed by atoms with Crippen molar-refractivity contribution in [2.24, 2.45) is 5.73 Å². The van der Waals surface area contributed by atoms with Crippen molar-refractivity contribution in [1.29, 1.82) is 0 Å². The largest absolute Gasteiger partial charge is 0.483 e. The molecule has 0 saturated carbocycles. The number of benzene rings is 2. The Morgan fingerprint density at radius 1 is 1.05 bits per heavy atom. The maximum absolute atomic E-state index is 13.4. The summed E-state index contributed by atoms with van der Waals surface area (Å²) in [5.74, 6) is 2.67. The van der Waals surface area contributed by atoms with Gasteiger partial charge in [0.1, 0.15) is 12.4 Å². The second-order valence-electron chi connectivity index (χ2n) is 4.19. The Bertz CT molecular complexity index is 684. The van der Waals surface area contributed by atoms with Crippen molar-refractivity contribution in [2.45, 2.75) is 6.61 Å². The lowest BCUT2D eigenvalue weighted by molar-refractivity contribution is 0.273. The summed E-state index contributed by atoms with van der Waals surface area (Å²) in [5.41, 5.74) is 6.08. The molecular weight excluding hydrogens is 279 g/mol. The molecule has 0 aliphatic rings. The molecular formula is C16H12F3NO. The van der Waals surface area contributed by atoms with E-state index in [0.29, 0.717) is 11.1 Å². The molecule has 0 aliphatic carbocycles. The molecule has 0 heterocycles. The van der Waals surface area contributed by atoms with Gasteiger partial charge in [0.15, 0.2) is 17.4 Å². The van der Waals surface area contributed by atoms with Gasteiger partial charge >= 0.3 is 0 Å². The predicted molar refractivity (Wildman–Crippen MR) is 73.0 cm³/mol. The molecule has 0 unspecified atom stereocenters. The van der Waals surface area contributed by atoms with Gasteiger partial charge in [0.2, 0.25) is 0 Å². The first-order valence-electron chi connectivity index (χ1n) is 6.15. The van der Waals surface area contributed by atoms with Gasteiger partial charge in [0, 0.05) is 5.56 Å². The SMILES string of the molecule is NCC#Cc1cc(F)cc(COc2c(F)cccc2F)c1. The lowest BCUT2D eigenvalue weighted by atomic mass is 10.1. The zero-order valence-corrected chi connectivity index (χ0v) is 11.0. The molecule has 5 heteroatoms. The highest BCUT2D eigenvalue weighted by atomic mass is 19.1. The fourth-order valence-corrected chi connectivity index (χ4v) is 1.73. The third kappa shape index (κ3) is 4.01. The van der Waals surface area contributed by atoms with E-state index in [0.717, 1.165) is 12.1 Å². The van der Waals surface area contributed by atoms with Gasteiger partial charge in [-0.05, 0) is 35.9 Å². The summed E-state index contributed by atoms with van der Waals surface area (Å²) in [5, 5.41) is 0. The van der Waals surface area contributed by atoms with Gasteiger partial charge in [-0.15, -0.1) is 0 Å². The van der Waals surface area contributed by atoms with E-state index in [2.05, 4.69) is 11.8 Å². The number of nitrogens with two attached hydrogens (primary N) is 1. The monoisotopic (exact) mass is 291 g/mol. The fraction of sp³-hybridized carbons (Fsp3) is 0.125. The zero-order chi connectivity index (χ0) is 15.2. The summed E-state index contributed by atoms with van der Waals surface area (Å²) < 4.78 is 45.3. The molecule has 0 bridgehead atoms. The molecule has 21 heavy (non-hydrogen) atoms. The minimum atomic E-state index is -0.811. The highest BCUT2D eigenvalue weighted by molar-refractivity contribution is 5.38. The van der Waals surface area contributed by atoms with Crippen molar-refractivity contribution < 1.29 is 17.9 Å². The molecule has 2 aromatic carbocycles. The van der Waals surface area contributed by atoms with Crippen LogP contribution in [0.15, 0.2) is 36.4 Å². The fourth-order valence-electron chi connectivity index (χ4n) is 1.73. The van der Waals surface area contributed by atoms with Gasteiger partial charge in [0.25, 0.3) is 0 Å². The summed E-state index contributed by atoms with van der Waals surface area (Å²) >= 11 is 0. The number of ether oxygens (including phenoxy) is 1. The average molecular weight is 291 g/mol. The maximum Gasteiger partial charge on any atom is 0.191 e. The molecule has 0 aromatic heterocycles. The quantitative estimate of drug-likeness (QED) is 0.882. The zero-order valence-electron chi connectivity index (χ0n) is 11.0. The molecule has 2 nitrogen and oxygen atoms in total. The molecule has 0 aliphatic heterocycles. The molecule has 2 N–H and O–H groups in total. The second-order valence-corrected chi connectivity index (χ2v) is 4.19. The molecule has 0 saturated heterocycles. The number of halogens is 3. The number of hydrogen-bond donors (Lipinski definition) is 1. The predicted octanol–water partition coefficient (Wildman–Crippen LogP) is 2.99. The lowest BCUT2D eigenvalue weighted by Crippen LogP contribution is -2.01. The van der Waals surface area contributed by atoms with Crippen LogP contribution < -0.4 is 10.5 Å². The summed E-state index contributed by atoms with van der Waals surface area (Å²) in [6, 6.07) is 7.44. The van der Waals surface area contributed by atoms with Gasteiger partial charge in [-0.1, -0.05) is 17.9 Å². The van der Waals surface area contributed by atoms with Crippen LogP contribution in [0.5, 0.6) is 5.75 Å². The third-order valence-electron chi connectivity index (χ3n) is 2.59. The summed E-state index contributed by atoms with van der Waals surface area (Å²) in [4.78, 5) is 0. The molecule has 0 spiro atoms. The van der Waals surface area contributed by atoms with Crippen LogP contribution in [0.3, 0.4) is 0 Å². The minimum absolute atomic E-state index is 0.156. The average Bonchev–Trinajstić information content (AvgIpc) is 2.44. The smallest absolute Gasteiger partial charge is 0.191 e. The number of para-hydroxylation sites is 1. The number of hydrogen-bond acceptors (Lipinski definition) is 2. The van der Waals surface area contributed by atoms with Crippen molar-refractivity contribution in [3.63, 3.8) is 0 Å². The summed E-state index contributed by atoms with van der Waals surface area (Å²) in [6.45, 7) is -0.0182. The van der Waals surface area contributed by atoms with Crippen molar-refractivity contribution >= 4 is 0 Å². The Morgan fingerprint density at radius 2 is 1.76 bits per heavy atom. The molecule has 0 radical (unpaired) electrons. The van der Waals surface area contributed by atoms with Gasteiger partial charge in [-0.2, -0.15) is 0 Å². The highest BCUT2D eigenvalue weighted by Gasteiger charge is 2.10. The second kappa shape index (κ2) is 6.82. The van der Waals surface area contributed by atoms with E-state index in [-0.39, 0.29) is 13.2 Å². The standard InChI is InChI=1S/C16H12F3NO/c17-13-8-11(3-2-6-20)7-12(9-13)10-21-16-14(18)4-1-5-15(16)19/h1,4-5,7-9H,6,10,20H2. The normalized spacial score (nSPS) is 9.90. The van der Waals surface area contributed by atoms with Crippen LogP contribution in [0.25, 0.3) is 0 Å². The van der Waals surface area contributed by atoms with Crippen LogP contribution in [-0.2, 0) is 6.61 Å². The van der Waals surface area contributed by atoms with Gasteiger partial charge < -0.3 is 10.5 Å². The third-order valence-corrected chi connectivity index (χ3v) is 2.59. The lowest BCUT2D eigenvalue weighted by Gasteiger charge is -2.08. The van der Waals surface area contributed by atoms with E-state index in [4.69, 9.17) is 10.5 Å².